The number of carboxylic acids is 1. The van der Waals surface area contributed by atoms with Crippen LogP contribution in [0.3, 0.4) is 0 Å². The predicted molar refractivity (Wildman–Crippen MR) is 80.2 cm³/mol. The lowest BCUT2D eigenvalue weighted by Crippen LogP contribution is -2.30. The van der Waals surface area contributed by atoms with Crippen molar-refractivity contribution in [2.45, 2.75) is 4.32 Å². The first kappa shape index (κ1) is 14.4. The summed E-state index contributed by atoms with van der Waals surface area (Å²) in [5.74, 6) is -1.00. The van der Waals surface area contributed by atoms with Crippen LogP contribution in [-0.2, 0) is 9.12 Å². The summed E-state index contributed by atoms with van der Waals surface area (Å²) in [7, 11) is 0. The van der Waals surface area contributed by atoms with Crippen molar-refractivity contribution >= 4 is 45.1 Å². The minimum Gasteiger partial charge on any atom is -0.480 e. The molecule has 0 saturated heterocycles. The monoisotopic (exact) mass is 358 g/mol. The maximum absolute atomic E-state index is 11.7. The SMILES string of the molecule is O=C(O)C(Br)(c1ccc(Cl)cc1)c1ccc(Cl)cc1. The lowest BCUT2D eigenvalue weighted by molar-refractivity contribution is -0.138. The lowest BCUT2D eigenvalue weighted by atomic mass is 9.91. The second-order valence-corrected chi connectivity index (χ2v) is 6.04. The zero-order valence-electron chi connectivity index (χ0n) is 9.61. The van der Waals surface area contributed by atoms with E-state index < -0.39 is 10.3 Å². The quantitative estimate of drug-likeness (QED) is 0.805. The van der Waals surface area contributed by atoms with Crippen LogP contribution in [0.4, 0.5) is 0 Å². The van der Waals surface area contributed by atoms with Gasteiger partial charge in [0.15, 0.2) is 4.32 Å². The second kappa shape index (κ2) is 5.53. The Morgan fingerprint density at radius 3 is 1.47 bits per heavy atom. The van der Waals surface area contributed by atoms with E-state index in [9.17, 15) is 9.90 Å². The van der Waals surface area contributed by atoms with Crippen molar-refractivity contribution in [3.05, 3.63) is 69.7 Å². The average Bonchev–Trinajstić information content (AvgIpc) is 2.39. The maximum atomic E-state index is 11.7. The maximum Gasteiger partial charge on any atom is 0.329 e. The van der Waals surface area contributed by atoms with E-state index in [0.717, 1.165) is 0 Å². The summed E-state index contributed by atoms with van der Waals surface area (Å²) in [6.07, 6.45) is 0. The van der Waals surface area contributed by atoms with Crippen LogP contribution in [0.5, 0.6) is 0 Å². The van der Waals surface area contributed by atoms with Crippen LogP contribution in [0.25, 0.3) is 0 Å². The number of aliphatic carboxylic acids is 1. The van der Waals surface area contributed by atoms with Gasteiger partial charge in [-0.25, -0.2) is 4.79 Å². The third kappa shape index (κ3) is 2.78. The van der Waals surface area contributed by atoms with Gasteiger partial charge < -0.3 is 5.11 Å². The van der Waals surface area contributed by atoms with E-state index in [4.69, 9.17) is 23.2 Å². The number of halogens is 3. The van der Waals surface area contributed by atoms with Crippen molar-refractivity contribution in [1.29, 1.82) is 0 Å². The molecule has 0 spiro atoms. The fraction of sp³-hybridized carbons (Fsp3) is 0.0714. The van der Waals surface area contributed by atoms with Crippen molar-refractivity contribution < 1.29 is 9.90 Å². The standard InChI is InChI=1S/C14H9BrCl2O2/c15-14(13(18)19,9-1-5-11(16)6-2-9)10-3-7-12(17)8-4-10/h1-8H,(H,18,19). The molecule has 1 N–H and O–H groups in total. The highest BCUT2D eigenvalue weighted by molar-refractivity contribution is 9.10. The molecule has 0 aliphatic rings. The Labute approximate surface area is 129 Å². The summed E-state index contributed by atoms with van der Waals surface area (Å²) in [6, 6.07) is 13.4. The van der Waals surface area contributed by atoms with E-state index in [1.54, 1.807) is 48.5 Å². The smallest absolute Gasteiger partial charge is 0.329 e. The Hall–Kier alpha value is -1.03. The van der Waals surface area contributed by atoms with Gasteiger partial charge in [0.1, 0.15) is 0 Å². The molecule has 0 aliphatic carbocycles. The van der Waals surface area contributed by atoms with Gasteiger partial charge >= 0.3 is 5.97 Å². The normalized spacial score (nSPS) is 11.3. The fourth-order valence-corrected chi connectivity index (χ4v) is 2.55. The lowest BCUT2D eigenvalue weighted by Gasteiger charge is -2.24. The zero-order valence-corrected chi connectivity index (χ0v) is 12.7. The molecular formula is C14H9BrCl2O2. The van der Waals surface area contributed by atoms with Crippen LogP contribution < -0.4 is 0 Å². The van der Waals surface area contributed by atoms with Gasteiger partial charge in [0.25, 0.3) is 0 Å². The van der Waals surface area contributed by atoms with Gasteiger partial charge in [-0.05, 0) is 35.4 Å². The van der Waals surface area contributed by atoms with Crippen molar-refractivity contribution in [3.8, 4) is 0 Å². The summed E-state index contributed by atoms with van der Waals surface area (Å²) in [5, 5.41) is 10.7. The molecule has 5 heteroatoms. The van der Waals surface area contributed by atoms with Crippen LogP contribution in [0.2, 0.25) is 10.0 Å². The van der Waals surface area contributed by atoms with E-state index in [1.165, 1.54) is 0 Å². The molecule has 2 aromatic carbocycles. The zero-order chi connectivity index (χ0) is 14.0. The topological polar surface area (TPSA) is 37.3 Å². The first-order chi connectivity index (χ1) is 8.94. The fourth-order valence-electron chi connectivity index (χ4n) is 1.77. The summed E-state index contributed by atoms with van der Waals surface area (Å²) < 4.78 is -1.32. The average molecular weight is 360 g/mol. The molecule has 0 atom stereocenters. The van der Waals surface area contributed by atoms with Gasteiger partial charge in [-0.2, -0.15) is 0 Å². The van der Waals surface area contributed by atoms with E-state index >= 15 is 0 Å². The molecular weight excluding hydrogens is 351 g/mol. The largest absolute Gasteiger partial charge is 0.480 e. The van der Waals surface area contributed by atoms with Gasteiger partial charge in [-0.1, -0.05) is 63.4 Å². The second-order valence-electron chi connectivity index (χ2n) is 3.98. The number of alkyl halides is 1. The third-order valence-electron chi connectivity index (χ3n) is 2.78. The van der Waals surface area contributed by atoms with E-state index in [1.807, 2.05) is 0 Å². The molecule has 0 amide bonds. The third-order valence-corrected chi connectivity index (χ3v) is 4.54. The van der Waals surface area contributed by atoms with Crippen LogP contribution >= 0.6 is 39.1 Å². The minimum absolute atomic E-state index is 0.556. The van der Waals surface area contributed by atoms with Gasteiger partial charge in [0.2, 0.25) is 0 Å². The first-order valence-electron chi connectivity index (χ1n) is 5.39. The number of hydrogen-bond donors (Lipinski definition) is 1. The van der Waals surface area contributed by atoms with Crippen molar-refractivity contribution in [1.82, 2.24) is 0 Å². The van der Waals surface area contributed by atoms with Crippen LogP contribution in [0.15, 0.2) is 48.5 Å². The molecule has 0 bridgehead atoms. The summed E-state index contributed by atoms with van der Waals surface area (Å²) in [4.78, 5) is 11.7. The Kier molecular flexibility index (Phi) is 4.19. The van der Waals surface area contributed by atoms with Gasteiger partial charge in [0, 0.05) is 10.0 Å². The van der Waals surface area contributed by atoms with Crippen molar-refractivity contribution in [2.75, 3.05) is 0 Å². The van der Waals surface area contributed by atoms with Gasteiger partial charge in [0.05, 0.1) is 0 Å². The van der Waals surface area contributed by atoms with Crippen LogP contribution in [-0.4, -0.2) is 11.1 Å². The van der Waals surface area contributed by atoms with Crippen molar-refractivity contribution in [3.63, 3.8) is 0 Å². The molecule has 2 rings (SSSR count). The molecule has 98 valence electrons. The molecule has 0 unspecified atom stereocenters. The minimum atomic E-state index is -1.32. The Bertz CT molecular complexity index is 548. The number of rotatable bonds is 3. The highest BCUT2D eigenvalue weighted by Crippen LogP contribution is 2.39. The molecule has 0 radical (unpaired) electrons. The number of carboxylic acid groups (broad SMARTS) is 1. The molecule has 2 nitrogen and oxygen atoms in total. The summed E-state index contributed by atoms with van der Waals surface area (Å²) in [6.45, 7) is 0. The Morgan fingerprint density at radius 1 is 0.895 bits per heavy atom. The van der Waals surface area contributed by atoms with Gasteiger partial charge in [-0.15, -0.1) is 0 Å². The van der Waals surface area contributed by atoms with Crippen LogP contribution in [0.1, 0.15) is 11.1 Å². The highest BCUT2D eigenvalue weighted by atomic mass is 79.9. The molecule has 0 fully saturated rings. The number of benzene rings is 2. The van der Waals surface area contributed by atoms with E-state index in [2.05, 4.69) is 15.9 Å². The molecule has 19 heavy (non-hydrogen) atoms. The predicted octanol–water partition coefficient (Wildman–Crippen LogP) is 4.72. The van der Waals surface area contributed by atoms with Crippen LogP contribution in [0, 0.1) is 0 Å². The molecule has 2 aromatic rings. The highest BCUT2D eigenvalue weighted by Gasteiger charge is 2.39. The van der Waals surface area contributed by atoms with E-state index in [-0.39, 0.29) is 0 Å². The molecule has 0 heterocycles. The summed E-state index contributed by atoms with van der Waals surface area (Å²) >= 11 is 15.0. The van der Waals surface area contributed by atoms with Crippen molar-refractivity contribution in [2.24, 2.45) is 0 Å². The number of carbonyl (C=O) groups is 1. The van der Waals surface area contributed by atoms with Gasteiger partial charge in [-0.3, -0.25) is 0 Å². The first-order valence-corrected chi connectivity index (χ1v) is 6.94. The molecule has 0 saturated carbocycles. The number of hydrogen-bond acceptors (Lipinski definition) is 1. The van der Waals surface area contributed by atoms with E-state index in [0.29, 0.717) is 21.2 Å². The summed E-state index contributed by atoms with van der Waals surface area (Å²) in [5.41, 5.74) is 1.18. The Balaban J connectivity index is 2.57. The molecule has 0 aliphatic heterocycles. The molecule has 0 aromatic heterocycles. The Morgan fingerprint density at radius 2 is 1.21 bits per heavy atom.